The number of nitrogens with one attached hydrogen (secondary N) is 1. The quantitative estimate of drug-likeness (QED) is 0.760. The normalized spacial score (nSPS) is 17.4. The first kappa shape index (κ1) is 18.0. The Morgan fingerprint density at radius 2 is 2.12 bits per heavy atom. The molecule has 2 aromatic rings. The molecular weight excluding hydrogens is 357 g/mol. The van der Waals surface area contributed by atoms with E-state index in [9.17, 15) is 4.79 Å². The van der Waals surface area contributed by atoms with Gasteiger partial charge in [-0.25, -0.2) is 0 Å². The van der Waals surface area contributed by atoms with Gasteiger partial charge in [-0.05, 0) is 49.9 Å². The number of carbonyl (C=O) groups is 1. The lowest BCUT2D eigenvalue weighted by molar-refractivity contribution is 0.0607. The monoisotopic (exact) mass is 377 g/mol. The Hall–Kier alpha value is -1.78. The summed E-state index contributed by atoms with van der Waals surface area (Å²) in [6.45, 7) is 2.95. The predicted octanol–water partition coefficient (Wildman–Crippen LogP) is 5.54. The minimum absolute atomic E-state index is 0.0462. The second kappa shape index (κ2) is 8.07. The van der Waals surface area contributed by atoms with Gasteiger partial charge in [0.25, 0.3) is 5.91 Å². The zero-order valence-corrected chi connectivity index (χ0v) is 15.6. The van der Waals surface area contributed by atoms with Gasteiger partial charge >= 0.3 is 0 Å². The van der Waals surface area contributed by atoms with Crippen molar-refractivity contribution < 1.29 is 4.79 Å². The summed E-state index contributed by atoms with van der Waals surface area (Å²) in [5, 5.41) is 4.30. The molecule has 0 radical (unpaired) electrons. The molecule has 3 rings (SSSR count). The van der Waals surface area contributed by atoms with E-state index in [-0.39, 0.29) is 5.91 Å². The van der Waals surface area contributed by atoms with E-state index in [0.717, 1.165) is 37.2 Å². The molecule has 1 N–H and O–H groups in total. The number of amides is 1. The van der Waals surface area contributed by atoms with Gasteiger partial charge in [0.05, 0.1) is 28.2 Å². The number of halogens is 2. The van der Waals surface area contributed by atoms with E-state index >= 15 is 0 Å². The number of carbonyl (C=O) groups excluding carboxylic acids is 1. The molecule has 1 aromatic heterocycles. The summed E-state index contributed by atoms with van der Waals surface area (Å²) in [4.78, 5) is 19.1. The molecule has 1 saturated heterocycles. The van der Waals surface area contributed by atoms with Gasteiger partial charge in [-0.15, -0.1) is 0 Å². The third kappa shape index (κ3) is 4.25. The number of benzene rings is 1. The van der Waals surface area contributed by atoms with Crippen molar-refractivity contribution in [3.05, 3.63) is 52.3 Å². The van der Waals surface area contributed by atoms with E-state index in [4.69, 9.17) is 23.2 Å². The van der Waals surface area contributed by atoms with E-state index in [1.165, 1.54) is 6.42 Å². The second-order valence-electron chi connectivity index (χ2n) is 6.27. The molecule has 0 spiro atoms. The van der Waals surface area contributed by atoms with Crippen LogP contribution in [0.15, 0.2) is 36.7 Å². The Balaban J connectivity index is 1.80. The minimum atomic E-state index is 0.0462. The number of nitrogens with zero attached hydrogens (tertiary/aromatic N) is 2. The average molecular weight is 378 g/mol. The van der Waals surface area contributed by atoms with Crippen LogP contribution in [0.1, 0.15) is 43.0 Å². The molecule has 0 aliphatic carbocycles. The van der Waals surface area contributed by atoms with Crippen LogP contribution in [0.25, 0.3) is 0 Å². The zero-order valence-electron chi connectivity index (χ0n) is 14.1. The lowest BCUT2D eigenvalue weighted by atomic mass is 9.99. The molecule has 25 heavy (non-hydrogen) atoms. The summed E-state index contributed by atoms with van der Waals surface area (Å²) in [6, 6.07) is 7.38. The van der Waals surface area contributed by atoms with Gasteiger partial charge in [0, 0.05) is 23.8 Å². The number of anilines is 2. The van der Waals surface area contributed by atoms with E-state index < -0.39 is 0 Å². The van der Waals surface area contributed by atoms with Crippen LogP contribution in [0.2, 0.25) is 10.0 Å². The summed E-state index contributed by atoms with van der Waals surface area (Å²) < 4.78 is 0. The van der Waals surface area contributed by atoms with Crippen LogP contribution < -0.4 is 5.32 Å². The molecule has 1 aromatic carbocycles. The summed E-state index contributed by atoms with van der Waals surface area (Å²) in [5.74, 6) is 0.0462. The maximum Gasteiger partial charge on any atom is 0.255 e. The van der Waals surface area contributed by atoms with Crippen LogP contribution in [-0.2, 0) is 0 Å². The second-order valence-corrected chi connectivity index (χ2v) is 7.11. The minimum Gasteiger partial charge on any atom is -0.353 e. The Labute approximate surface area is 158 Å². The van der Waals surface area contributed by atoms with Gasteiger partial charge in [0.1, 0.15) is 0 Å². The molecule has 4 nitrogen and oxygen atoms in total. The fraction of sp³-hybridized carbons (Fsp3) is 0.368. The highest BCUT2D eigenvalue weighted by Gasteiger charge is 2.26. The topological polar surface area (TPSA) is 45.2 Å². The van der Waals surface area contributed by atoms with Crippen molar-refractivity contribution in [1.29, 1.82) is 0 Å². The standard InChI is InChI=1S/C19H21Cl2N3O/c1-2-16-5-3-4-8-24(16)19(25)13-9-15(12-22-11-13)23-18-7-6-14(20)10-17(18)21/h6-7,9-12,16,23H,2-5,8H2,1H3. The first-order valence-electron chi connectivity index (χ1n) is 8.56. The highest BCUT2D eigenvalue weighted by atomic mass is 35.5. The molecule has 1 aliphatic heterocycles. The maximum absolute atomic E-state index is 12.9. The van der Waals surface area contributed by atoms with Gasteiger partial charge < -0.3 is 10.2 Å². The van der Waals surface area contributed by atoms with Crippen molar-refractivity contribution in [2.24, 2.45) is 0 Å². The van der Waals surface area contributed by atoms with Crippen LogP contribution in [-0.4, -0.2) is 28.4 Å². The molecule has 0 saturated carbocycles. The number of hydrogen-bond donors (Lipinski definition) is 1. The van der Waals surface area contributed by atoms with Crippen LogP contribution in [0.4, 0.5) is 11.4 Å². The van der Waals surface area contributed by atoms with Gasteiger partial charge in [0.2, 0.25) is 0 Å². The average Bonchev–Trinajstić information content (AvgIpc) is 2.63. The molecule has 132 valence electrons. The van der Waals surface area contributed by atoms with Crippen LogP contribution in [0.5, 0.6) is 0 Å². The van der Waals surface area contributed by atoms with E-state index in [1.807, 2.05) is 11.0 Å². The van der Waals surface area contributed by atoms with E-state index in [0.29, 0.717) is 21.7 Å². The molecule has 1 unspecified atom stereocenters. The molecule has 0 bridgehead atoms. The summed E-state index contributed by atoms with van der Waals surface area (Å²) in [7, 11) is 0. The molecule has 1 atom stereocenters. The van der Waals surface area contributed by atoms with Gasteiger partial charge in [-0.1, -0.05) is 30.1 Å². The largest absolute Gasteiger partial charge is 0.353 e. The number of aromatic nitrogens is 1. The Kier molecular flexibility index (Phi) is 5.82. The molecule has 6 heteroatoms. The lowest BCUT2D eigenvalue weighted by Crippen LogP contribution is -2.43. The van der Waals surface area contributed by atoms with Gasteiger partial charge in [-0.2, -0.15) is 0 Å². The molecule has 1 aliphatic rings. The summed E-state index contributed by atoms with van der Waals surface area (Å²) >= 11 is 12.1. The summed E-state index contributed by atoms with van der Waals surface area (Å²) in [5.41, 5.74) is 2.04. The molecule has 2 heterocycles. The van der Waals surface area contributed by atoms with Crippen molar-refractivity contribution in [3.63, 3.8) is 0 Å². The van der Waals surface area contributed by atoms with Gasteiger partial charge in [-0.3, -0.25) is 9.78 Å². The third-order valence-electron chi connectivity index (χ3n) is 4.55. The highest BCUT2D eigenvalue weighted by Crippen LogP contribution is 2.29. The van der Waals surface area contributed by atoms with Crippen molar-refractivity contribution >= 4 is 40.5 Å². The molecule has 1 amide bonds. The van der Waals surface area contributed by atoms with Crippen molar-refractivity contribution in [2.45, 2.75) is 38.6 Å². The SMILES string of the molecule is CCC1CCCCN1C(=O)c1cncc(Nc2ccc(Cl)cc2Cl)c1. The van der Waals surface area contributed by atoms with Gasteiger partial charge in [0.15, 0.2) is 0 Å². The number of rotatable bonds is 4. The number of piperidine rings is 1. The van der Waals surface area contributed by atoms with Crippen LogP contribution in [0.3, 0.4) is 0 Å². The molecule has 1 fully saturated rings. The van der Waals surface area contributed by atoms with Crippen molar-refractivity contribution in [2.75, 3.05) is 11.9 Å². The smallest absolute Gasteiger partial charge is 0.255 e. The van der Waals surface area contributed by atoms with E-state index in [1.54, 1.807) is 30.6 Å². The zero-order chi connectivity index (χ0) is 17.8. The maximum atomic E-state index is 12.9. The predicted molar refractivity (Wildman–Crippen MR) is 103 cm³/mol. The Morgan fingerprint density at radius 1 is 1.28 bits per heavy atom. The van der Waals surface area contributed by atoms with Crippen LogP contribution in [0, 0.1) is 0 Å². The Bertz CT molecular complexity index is 766. The molecular formula is C19H21Cl2N3O. The fourth-order valence-electron chi connectivity index (χ4n) is 3.23. The number of hydrogen-bond acceptors (Lipinski definition) is 3. The number of likely N-dealkylation sites (tertiary alicyclic amines) is 1. The lowest BCUT2D eigenvalue weighted by Gasteiger charge is -2.35. The first-order chi connectivity index (χ1) is 12.1. The number of pyridine rings is 1. The van der Waals surface area contributed by atoms with E-state index in [2.05, 4.69) is 17.2 Å². The first-order valence-corrected chi connectivity index (χ1v) is 9.32. The summed E-state index contributed by atoms with van der Waals surface area (Å²) in [6.07, 6.45) is 7.62. The van der Waals surface area contributed by atoms with Crippen molar-refractivity contribution in [1.82, 2.24) is 9.88 Å². The van der Waals surface area contributed by atoms with Crippen LogP contribution >= 0.6 is 23.2 Å². The van der Waals surface area contributed by atoms with Crippen molar-refractivity contribution in [3.8, 4) is 0 Å². The highest BCUT2D eigenvalue weighted by molar-refractivity contribution is 6.36. The Morgan fingerprint density at radius 3 is 2.88 bits per heavy atom. The third-order valence-corrected chi connectivity index (χ3v) is 5.10. The fourth-order valence-corrected chi connectivity index (χ4v) is 3.69.